The molecule has 0 saturated heterocycles. The summed E-state index contributed by atoms with van der Waals surface area (Å²) in [5.74, 6) is -0.183. The number of carbonyl (C=O) groups is 4. The summed E-state index contributed by atoms with van der Waals surface area (Å²) in [5.41, 5.74) is -0.340. The van der Waals surface area contributed by atoms with Gasteiger partial charge in [0.05, 0.1) is 13.0 Å². The summed E-state index contributed by atoms with van der Waals surface area (Å²) in [6, 6.07) is -0.882. The maximum Gasteiger partial charge on any atom is 0.329 e. The van der Waals surface area contributed by atoms with Crippen molar-refractivity contribution >= 4 is 62.8 Å². The summed E-state index contributed by atoms with van der Waals surface area (Å²) in [4.78, 5) is 60.8. The molecular formula is C31H46N4O5S3. The molecule has 3 rings (SSSR count). The van der Waals surface area contributed by atoms with Crippen LogP contribution in [0.3, 0.4) is 0 Å². The van der Waals surface area contributed by atoms with E-state index in [-0.39, 0.29) is 35.8 Å². The summed E-state index contributed by atoms with van der Waals surface area (Å²) in [6.07, 6.45) is 11.8. The molecule has 3 heterocycles. The van der Waals surface area contributed by atoms with E-state index in [1.807, 2.05) is 25.3 Å². The summed E-state index contributed by atoms with van der Waals surface area (Å²) in [5, 5.41) is 9.30. The summed E-state index contributed by atoms with van der Waals surface area (Å²) in [6.45, 7) is 7.89. The second kappa shape index (κ2) is 17.9. The zero-order valence-corrected chi connectivity index (χ0v) is 28.3. The minimum atomic E-state index is -1.03. The number of thiazole rings is 1. The van der Waals surface area contributed by atoms with Crippen molar-refractivity contribution in [3.63, 3.8) is 0 Å². The highest BCUT2D eigenvalue weighted by molar-refractivity contribution is 8.14. The van der Waals surface area contributed by atoms with Crippen molar-refractivity contribution in [1.82, 2.24) is 15.6 Å². The predicted octanol–water partition coefficient (Wildman–Crippen LogP) is 5.81. The number of nitrogens with one attached hydrogen (secondary N) is 2. The topological polar surface area (TPSA) is 127 Å². The molecule has 2 N–H and O–H groups in total. The zero-order valence-electron chi connectivity index (χ0n) is 25.8. The van der Waals surface area contributed by atoms with Gasteiger partial charge in [0.1, 0.15) is 33.4 Å². The van der Waals surface area contributed by atoms with Gasteiger partial charge < -0.3 is 15.4 Å². The number of aliphatic imine (C=N–C) groups is 1. The molecule has 2 aliphatic heterocycles. The Hall–Kier alpha value is -2.18. The first-order chi connectivity index (χ1) is 20.6. The van der Waals surface area contributed by atoms with E-state index in [1.165, 1.54) is 54.1 Å². The number of rotatable bonds is 13. The number of esters is 1. The fourth-order valence-electron chi connectivity index (χ4n) is 4.57. The maximum absolute atomic E-state index is 13.3. The van der Waals surface area contributed by atoms with E-state index in [0.29, 0.717) is 22.9 Å². The summed E-state index contributed by atoms with van der Waals surface area (Å²) < 4.78 is 5.80. The number of ether oxygens (including phenoxy) is 1. The van der Waals surface area contributed by atoms with E-state index in [9.17, 15) is 19.2 Å². The number of nitrogens with zero attached hydrogens (tertiary/aromatic N) is 2. The van der Waals surface area contributed by atoms with Crippen LogP contribution in [0.2, 0.25) is 0 Å². The third kappa shape index (κ3) is 11.7. The maximum atomic E-state index is 13.3. The first-order valence-corrected chi connectivity index (χ1v) is 18.2. The lowest BCUT2D eigenvalue weighted by Gasteiger charge is -2.27. The number of hydrogen-bond acceptors (Lipinski definition) is 10. The SMILES string of the molecule is CCCCCCCC(=O)SCCCC/C=C/C1CC(=O)NCc2nc(cs2)C2=NC(C)(CS2)C(=O)NC(C(C)C)C(=O)O1. The largest absolute Gasteiger partial charge is 0.456 e. The Balaban J connectivity index is 1.58. The van der Waals surface area contributed by atoms with Gasteiger partial charge in [-0.2, -0.15) is 0 Å². The number of carbonyl (C=O) groups excluding carboxylic acids is 4. The Morgan fingerprint density at radius 2 is 1.98 bits per heavy atom. The Kier molecular flexibility index (Phi) is 14.7. The number of fused-ring (bicyclic) bond motifs is 4. The van der Waals surface area contributed by atoms with Crippen LogP contribution in [0.15, 0.2) is 22.5 Å². The third-order valence-electron chi connectivity index (χ3n) is 7.26. The standard InChI is InChI=1S/C31H46N4O5S3/c1-5-6-7-8-12-15-26(37)41-16-13-10-9-11-14-22-17-24(36)32-18-25-33-23(19-42-25)28-35-31(4,20-43-28)30(39)34-27(21(2)3)29(38)40-22/h11,14,19,21-22,27H,5-10,12-13,15-18,20H2,1-4H3,(H,32,36)(H,34,39)/b14-11+. The molecular weight excluding hydrogens is 605 g/mol. The van der Waals surface area contributed by atoms with E-state index in [0.717, 1.165) is 42.9 Å². The van der Waals surface area contributed by atoms with E-state index >= 15 is 0 Å². The lowest BCUT2D eigenvalue weighted by Crippen LogP contribution is -2.53. The van der Waals surface area contributed by atoms with Crippen molar-refractivity contribution in [2.75, 3.05) is 11.5 Å². The highest BCUT2D eigenvalue weighted by atomic mass is 32.2. The minimum absolute atomic E-state index is 0.0396. The average Bonchev–Trinajstić information content (AvgIpc) is 3.60. The summed E-state index contributed by atoms with van der Waals surface area (Å²) in [7, 11) is 0. The lowest BCUT2D eigenvalue weighted by molar-refractivity contribution is -0.153. The molecule has 0 saturated carbocycles. The Bertz CT molecular complexity index is 1170. The van der Waals surface area contributed by atoms with Crippen LogP contribution in [-0.4, -0.2) is 62.1 Å². The fraction of sp³-hybridized carbons (Fsp3) is 0.677. The second-order valence-corrected chi connectivity index (χ2v) is 14.6. The quantitative estimate of drug-likeness (QED) is 0.156. The van der Waals surface area contributed by atoms with Crippen molar-refractivity contribution in [3.05, 3.63) is 28.2 Å². The molecule has 2 amide bonds. The number of allylic oxidation sites excluding steroid dienone is 1. The normalized spacial score (nSPS) is 23.3. The van der Waals surface area contributed by atoms with Gasteiger partial charge in [-0.3, -0.25) is 19.4 Å². The number of cyclic esters (lactones) is 1. The molecule has 0 aromatic carbocycles. The summed E-state index contributed by atoms with van der Waals surface area (Å²) >= 11 is 4.29. The average molecular weight is 651 g/mol. The Morgan fingerprint density at radius 1 is 1.19 bits per heavy atom. The number of amides is 2. The van der Waals surface area contributed by atoms with Crippen LogP contribution in [-0.2, 0) is 30.5 Å². The highest BCUT2D eigenvalue weighted by Gasteiger charge is 2.41. The monoisotopic (exact) mass is 650 g/mol. The molecule has 2 aliphatic rings. The van der Waals surface area contributed by atoms with Crippen molar-refractivity contribution in [2.45, 2.75) is 116 Å². The number of unbranched alkanes of at least 4 members (excludes halogenated alkanes) is 6. The minimum Gasteiger partial charge on any atom is -0.456 e. The molecule has 0 aliphatic carbocycles. The van der Waals surface area contributed by atoms with E-state index in [4.69, 9.17) is 4.74 Å². The van der Waals surface area contributed by atoms with Crippen LogP contribution in [0.5, 0.6) is 0 Å². The van der Waals surface area contributed by atoms with E-state index in [2.05, 4.69) is 27.5 Å². The van der Waals surface area contributed by atoms with Crippen LogP contribution < -0.4 is 10.6 Å². The molecule has 3 atom stereocenters. The van der Waals surface area contributed by atoms with Crippen LogP contribution in [0.25, 0.3) is 0 Å². The molecule has 4 bridgehead atoms. The zero-order chi connectivity index (χ0) is 31.2. The van der Waals surface area contributed by atoms with Gasteiger partial charge in [-0.1, -0.05) is 64.3 Å². The Morgan fingerprint density at radius 3 is 2.74 bits per heavy atom. The first-order valence-electron chi connectivity index (χ1n) is 15.4. The molecule has 3 unspecified atom stereocenters. The van der Waals surface area contributed by atoms with Crippen molar-refractivity contribution < 1.29 is 23.9 Å². The van der Waals surface area contributed by atoms with Gasteiger partial charge in [-0.15, -0.1) is 23.1 Å². The van der Waals surface area contributed by atoms with Crippen molar-refractivity contribution in [1.29, 1.82) is 0 Å². The fourth-order valence-corrected chi connectivity index (χ4v) is 7.36. The van der Waals surface area contributed by atoms with Gasteiger partial charge in [0.2, 0.25) is 11.8 Å². The molecule has 9 nitrogen and oxygen atoms in total. The van der Waals surface area contributed by atoms with Gasteiger partial charge in [0.25, 0.3) is 0 Å². The van der Waals surface area contributed by atoms with Crippen LogP contribution in [0.1, 0.15) is 103 Å². The predicted molar refractivity (Wildman–Crippen MR) is 176 cm³/mol. The van der Waals surface area contributed by atoms with Gasteiger partial charge in [-0.25, -0.2) is 9.78 Å². The van der Waals surface area contributed by atoms with Gasteiger partial charge in [0.15, 0.2) is 5.12 Å². The molecule has 0 radical (unpaired) electrons. The van der Waals surface area contributed by atoms with Crippen LogP contribution in [0, 0.1) is 5.92 Å². The van der Waals surface area contributed by atoms with Crippen molar-refractivity contribution in [3.8, 4) is 0 Å². The van der Waals surface area contributed by atoms with Gasteiger partial charge in [-0.05, 0) is 44.6 Å². The van der Waals surface area contributed by atoms with Crippen LogP contribution >= 0.6 is 34.9 Å². The van der Waals surface area contributed by atoms with E-state index in [1.54, 1.807) is 13.0 Å². The number of aromatic nitrogens is 1. The molecule has 0 fully saturated rings. The van der Waals surface area contributed by atoms with Gasteiger partial charge >= 0.3 is 5.97 Å². The Labute approximate surface area is 268 Å². The molecule has 0 spiro atoms. The number of thioether (sulfide) groups is 2. The molecule has 1 aromatic rings. The van der Waals surface area contributed by atoms with E-state index < -0.39 is 23.7 Å². The molecule has 12 heteroatoms. The molecule has 238 valence electrons. The van der Waals surface area contributed by atoms with Crippen LogP contribution in [0.4, 0.5) is 0 Å². The highest BCUT2D eigenvalue weighted by Crippen LogP contribution is 2.32. The van der Waals surface area contributed by atoms with Crippen molar-refractivity contribution in [2.24, 2.45) is 10.9 Å². The van der Waals surface area contributed by atoms with Gasteiger partial charge in [0, 0.05) is 23.3 Å². The lowest BCUT2D eigenvalue weighted by atomic mass is 10.0. The smallest absolute Gasteiger partial charge is 0.329 e. The molecule has 43 heavy (non-hydrogen) atoms. The third-order valence-corrected chi connectivity index (χ3v) is 10.4. The molecule has 1 aromatic heterocycles. The second-order valence-electron chi connectivity index (χ2n) is 11.6. The first kappa shape index (κ1) is 35.3. The number of hydrogen-bond donors (Lipinski definition) is 2.